The van der Waals surface area contributed by atoms with Crippen LogP contribution in [0.3, 0.4) is 0 Å². The fourth-order valence-corrected chi connectivity index (χ4v) is 2.85. The van der Waals surface area contributed by atoms with E-state index >= 15 is 0 Å². The first kappa shape index (κ1) is 19.6. The van der Waals surface area contributed by atoms with E-state index in [1.165, 1.54) is 0 Å². The maximum atomic E-state index is 10.1. The van der Waals surface area contributed by atoms with Crippen LogP contribution in [0.1, 0.15) is 31.5 Å². The summed E-state index contributed by atoms with van der Waals surface area (Å²) in [6.45, 7) is 3.39. The lowest BCUT2D eigenvalue weighted by Gasteiger charge is -2.38. The summed E-state index contributed by atoms with van der Waals surface area (Å²) in [7, 11) is 0. The van der Waals surface area contributed by atoms with Crippen molar-refractivity contribution in [2.24, 2.45) is 0 Å². The van der Waals surface area contributed by atoms with Crippen LogP contribution in [-0.4, -0.2) is 77.8 Å². The Morgan fingerprint density at radius 3 is 2.44 bits per heavy atom. The van der Waals surface area contributed by atoms with Crippen molar-refractivity contribution in [3.05, 3.63) is 35.7 Å². The molecule has 1 fully saturated rings. The number of hydrogen-bond acceptors (Lipinski definition) is 9. The number of aromatic nitrogens is 4. The molecule has 2 aromatic rings. The van der Waals surface area contributed by atoms with E-state index in [4.69, 9.17) is 9.47 Å². The number of nitrogens with zero attached hydrogens (tertiary/aromatic N) is 4. The molecule has 2 heterocycles. The summed E-state index contributed by atoms with van der Waals surface area (Å²) >= 11 is 0. The maximum absolute atomic E-state index is 10.1. The Morgan fingerprint density at radius 2 is 1.81 bits per heavy atom. The van der Waals surface area contributed by atoms with Crippen molar-refractivity contribution < 1.29 is 29.9 Å². The molecule has 0 saturated carbocycles. The van der Waals surface area contributed by atoms with Gasteiger partial charge in [0.2, 0.25) is 0 Å². The molecule has 27 heavy (non-hydrogen) atoms. The Bertz CT molecular complexity index is 735. The Hall–Kier alpha value is -2.11. The van der Waals surface area contributed by atoms with Gasteiger partial charge in [-0.3, -0.25) is 0 Å². The van der Waals surface area contributed by atoms with Gasteiger partial charge < -0.3 is 29.9 Å². The topological polar surface area (TPSA) is 143 Å². The van der Waals surface area contributed by atoms with E-state index in [-0.39, 0.29) is 6.10 Å². The third-order valence-electron chi connectivity index (χ3n) is 4.22. The minimum atomic E-state index is -1.50. The van der Waals surface area contributed by atoms with Gasteiger partial charge in [-0.15, -0.1) is 15.0 Å². The Labute approximate surface area is 156 Å². The fourth-order valence-electron chi connectivity index (χ4n) is 2.85. The maximum Gasteiger partial charge on any atom is 0.199 e. The Balaban J connectivity index is 1.69. The summed E-state index contributed by atoms with van der Waals surface area (Å²) in [6.07, 6.45) is -6.09. The van der Waals surface area contributed by atoms with Gasteiger partial charge in [0, 0.05) is 6.42 Å². The van der Waals surface area contributed by atoms with Gasteiger partial charge in [0.15, 0.2) is 12.1 Å². The highest BCUT2D eigenvalue weighted by Crippen LogP contribution is 2.27. The summed E-state index contributed by atoms with van der Waals surface area (Å²) in [6, 6.07) is 7.51. The van der Waals surface area contributed by atoms with Crippen molar-refractivity contribution in [2.75, 3.05) is 6.61 Å². The van der Waals surface area contributed by atoms with Gasteiger partial charge in [-0.2, -0.15) is 0 Å². The number of aliphatic hydroxyl groups excluding tert-OH is 4. The molecule has 4 N–H and O–H groups in total. The van der Waals surface area contributed by atoms with E-state index in [1.807, 2.05) is 38.1 Å². The smallest absolute Gasteiger partial charge is 0.199 e. The monoisotopic (exact) mass is 380 g/mol. The molecule has 10 nitrogen and oxygen atoms in total. The summed E-state index contributed by atoms with van der Waals surface area (Å²) in [5, 5.41) is 51.1. The molecule has 1 aromatic carbocycles. The van der Waals surface area contributed by atoms with Gasteiger partial charge in [0.1, 0.15) is 30.2 Å². The largest absolute Gasteiger partial charge is 0.491 e. The lowest BCUT2D eigenvalue weighted by atomic mass is 9.99. The zero-order valence-electron chi connectivity index (χ0n) is 15.1. The highest BCUT2D eigenvalue weighted by molar-refractivity contribution is 5.28. The average molecular weight is 380 g/mol. The molecule has 0 aliphatic carbocycles. The van der Waals surface area contributed by atoms with Crippen LogP contribution in [0.4, 0.5) is 0 Å². The molecule has 5 unspecified atom stereocenters. The average Bonchev–Trinajstić information content (AvgIpc) is 3.09. The summed E-state index contributed by atoms with van der Waals surface area (Å²) < 4.78 is 11.0. The van der Waals surface area contributed by atoms with Crippen molar-refractivity contribution in [1.29, 1.82) is 0 Å². The van der Waals surface area contributed by atoms with Crippen LogP contribution in [0.5, 0.6) is 5.75 Å². The van der Waals surface area contributed by atoms with E-state index < -0.39 is 37.3 Å². The molecule has 1 aliphatic rings. The second-order valence-electron chi connectivity index (χ2n) is 6.73. The molecule has 0 radical (unpaired) electrons. The molecule has 5 atom stereocenters. The summed E-state index contributed by atoms with van der Waals surface area (Å²) in [5.74, 6) is 1.16. The first-order valence-electron chi connectivity index (χ1n) is 8.73. The number of rotatable bonds is 6. The van der Waals surface area contributed by atoms with Crippen LogP contribution >= 0.6 is 0 Å². The quantitative estimate of drug-likeness (QED) is 0.497. The van der Waals surface area contributed by atoms with Crippen LogP contribution in [0.15, 0.2) is 24.3 Å². The number of hydrogen-bond donors (Lipinski definition) is 4. The van der Waals surface area contributed by atoms with E-state index in [9.17, 15) is 20.4 Å². The zero-order chi connectivity index (χ0) is 19.6. The van der Waals surface area contributed by atoms with Crippen molar-refractivity contribution >= 4 is 0 Å². The Kier molecular flexibility index (Phi) is 6.02. The molecule has 10 heteroatoms. The van der Waals surface area contributed by atoms with Crippen LogP contribution in [0.25, 0.3) is 0 Å². The number of aliphatic hydroxyl groups is 4. The second-order valence-corrected chi connectivity index (χ2v) is 6.73. The molecule has 1 aliphatic heterocycles. The molecule has 0 amide bonds. The minimum absolute atomic E-state index is 0.0935. The lowest BCUT2D eigenvalue weighted by Crippen LogP contribution is -2.56. The van der Waals surface area contributed by atoms with E-state index in [2.05, 4.69) is 15.4 Å². The lowest BCUT2D eigenvalue weighted by molar-refractivity contribution is -0.257. The van der Waals surface area contributed by atoms with Crippen molar-refractivity contribution in [3.8, 4) is 5.75 Å². The Morgan fingerprint density at radius 1 is 1.11 bits per heavy atom. The van der Waals surface area contributed by atoms with Crippen LogP contribution in [0, 0.1) is 0 Å². The predicted octanol–water partition coefficient (Wildman–Crippen LogP) is -0.977. The zero-order valence-corrected chi connectivity index (χ0v) is 15.1. The molecule has 1 aromatic heterocycles. The minimum Gasteiger partial charge on any atom is -0.491 e. The van der Waals surface area contributed by atoms with Crippen LogP contribution in [-0.2, 0) is 11.2 Å². The van der Waals surface area contributed by atoms with Gasteiger partial charge in [0.25, 0.3) is 0 Å². The van der Waals surface area contributed by atoms with Gasteiger partial charge >= 0.3 is 0 Å². The van der Waals surface area contributed by atoms with Crippen molar-refractivity contribution in [2.45, 2.75) is 57.0 Å². The first-order valence-corrected chi connectivity index (χ1v) is 8.73. The summed E-state index contributed by atoms with van der Waals surface area (Å²) in [4.78, 5) is 1.04. The first-order chi connectivity index (χ1) is 12.9. The number of ether oxygens (including phenoxy) is 2. The predicted molar refractivity (Wildman–Crippen MR) is 91.8 cm³/mol. The summed E-state index contributed by atoms with van der Waals surface area (Å²) in [5.41, 5.74) is 0.944. The van der Waals surface area contributed by atoms with E-state index in [0.717, 1.165) is 16.1 Å². The molecule has 0 spiro atoms. The van der Waals surface area contributed by atoms with Crippen molar-refractivity contribution in [1.82, 2.24) is 20.2 Å². The SMILES string of the molecule is CC(C)Oc1ccc(Cc2nnn(C3OC(CO)C(O)C(O)C3O)n2)cc1. The highest BCUT2D eigenvalue weighted by atomic mass is 16.6. The highest BCUT2D eigenvalue weighted by Gasteiger charge is 2.45. The standard InChI is InChI=1S/C17H24N4O6/c1-9(2)26-11-5-3-10(4-6-11)7-13-18-20-21(19-13)17-16(25)15(24)14(23)12(8-22)27-17/h3-6,9,12,14-17,22-25H,7-8H2,1-2H3. The molecule has 1 saturated heterocycles. The normalized spacial score (nSPS) is 28.5. The van der Waals surface area contributed by atoms with Crippen LogP contribution < -0.4 is 4.74 Å². The van der Waals surface area contributed by atoms with E-state index in [0.29, 0.717) is 12.2 Å². The fraction of sp³-hybridized carbons (Fsp3) is 0.588. The second kappa shape index (κ2) is 8.28. The van der Waals surface area contributed by atoms with Gasteiger partial charge in [0.05, 0.1) is 12.7 Å². The number of benzene rings is 1. The third-order valence-corrected chi connectivity index (χ3v) is 4.22. The molecule has 0 bridgehead atoms. The molecule has 3 rings (SSSR count). The van der Waals surface area contributed by atoms with E-state index in [1.54, 1.807) is 0 Å². The van der Waals surface area contributed by atoms with Crippen molar-refractivity contribution in [3.63, 3.8) is 0 Å². The van der Waals surface area contributed by atoms with Crippen LogP contribution in [0.2, 0.25) is 0 Å². The number of tetrazole rings is 1. The third kappa shape index (κ3) is 4.42. The molecular weight excluding hydrogens is 356 g/mol. The molecular formula is C17H24N4O6. The van der Waals surface area contributed by atoms with Gasteiger partial charge in [-0.25, -0.2) is 0 Å². The van der Waals surface area contributed by atoms with Gasteiger partial charge in [-0.05, 0) is 36.8 Å². The molecule has 148 valence electrons. The van der Waals surface area contributed by atoms with Gasteiger partial charge in [-0.1, -0.05) is 12.1 Å².